The number of guanidine groups is 1. The molecule has 2 rings (SSSR count). The quantitative estimate of drug-likeness (QED) is 0.540. The zero-order chi connectivity index (χ0) is 18.1. The second kappa shape index (κ2) is 9.22. The Morgan fingerprint density at radius 3 is 2.60 bits per heavy atom. The van der Waals surface area contributed by atoms with Gasteiger partial charge in [-0.2, -0.15) is 5.10 Å². The number of nitrogens with zero attached hydrogens (tertiary/aromatic N) is 3. The summed E-state index contributed by atoms with van der Waals surface area (Å²) >= 11 is 0. The van der Waals surface area contributed by atoms with Crippen LogP contribution in [0.25, 0.3) is 5.69 Å². The zero-order valence-corrected chi connectivity index (χ0v) is 15.5. The molecule has 25 heavy (non-hydrogen) atoms. The largest absolute Gasteiger partial charge is 0.357 e. The van der Waals surface area contributed by atoms with Gasteiger partial charge in [0.15, 0.2) is 5.96 Å². The Kier molecular flexibility index (Phi) is 7.00. The number of benzene rings is 1. The summed E-state index contributed by atoms with van der Waals surface area (Å²) in [5.41, 5.74) is 2.23. The molecule has 7 nitrogen and oxygen atoms in total. The summed E-state index contributed by atoms with van der Waals surface area (Å²) in [5.74, 6) is 0.692. The average Bonchev–Trinajstić information content (AvgIpc) is 3.09. The molecule has 0 spiro atoms. The summed E-state index contributed by atoms with van der Waals surface area (Å²) in [4.78, 5) is 4.28. The predicted molar refractivity (Wildman–Crippen MR) is 101 cm³/mol. The summed E-state index contributed by atoms with van der Waals surface area (Å²) in [6, 6.07) is 10.1. The highest BCUT2D eigenvalue weighted by molar-refractivity contribution is 7.90. The number of sulfone groups is 1. The van der Waals surface area contributed by atoms with Crippen molar-refractivity contribution < 1.29 is 8.42 Å². The van der Waals surface area contributed by atoms with Crippen LogP contribution in [0.5, 0.6) is 0 Å². The molecule has 1 aromatic carbocycles. The van der Waals surface area contributed by atoms with Crippen LogP contribution in [0.3, 0.4) is 0 Å². The number of hydrogen-bond acceptors (Lipinski definition) is 4. The summed E-state index contributed by atoms with van der Waals surface area (Å²) in [6.07, 6.45) is 5.72. The molecular formula is C17H25N5O2S. The molecule has 0 atom stereocenters. The van der Waals surface area contributed by atoms with Gasteiger partial charge in [0, 0.05) is 31.7 Å². The van der Waals surface area contributed by atoms with E-state index in [0.717, 1.165) is 18.7 Å². The molecule has 1 aromatic heterocycles. The fourth-order valence-electron chi connectivity index (χ4n) is 2.23. The first-order chi connectivity index (χ1) is 12.0. The normalized spacial score (nSPS) is 12.2. The van der Waals surface area contributed by atoms with Crippen molar-refractivity contribution in [1.82, 2.24) is 20.4 Å². The topological polar surface area (TPSA) is 88.4 Å². The monoisotopic (exact) mass is 363 g/mol. The zero-order valence-electron chi connectivity index (χ0n) is 14.6. The van der Waals surface area contributed by atoms with E-state index in [0.29, 0.717) is 12.5 Å². The lowest BCUT2D eigenvalue weighted by Gasteiger charge is -2.11. The molecule has 2 aromatic rings. The van der Waals surface area contributed by atoms with E-state index in [1.54, 1.807) is 6.20 Å². The first-order valence-electron chi connectivity index (χ1n) is 8.27. The van der Waals surface area contributed by atoms with Crippen molar-refractivity contribution in [3.63, 3.8) is 0 Å². The second-order valence-electron chi connectivity index (χ2n) is 5.68. The van der Waals surface area contributed by atoms with E-state index in [-0.39, 0.29) is 12.3 Å². The maximum atomic E-state index is 11.2. The molecule has 0 amide bonds. The van der Waals surface area contributed by atoms with E-state index in [1.165, 1.54) is 11.8 Å². The van der Waals surface area contributed by atoms with Gasteiger partial charge in [-0.15, -0.1) is 0 Å². The lowest BCUT2D eigenvalue weighted by molar-refractivity contribution is 0.601. The standard InChI is InChI=1S/C17H25N5O2S/c1-3-18-17(20-12-14-25(2,23)24)19-11-9-15-5-7-16(8-6-15)22-13-4-10-21-22/h4-8,10,13H,3,9,11-12,14H2,1-2H3,(H2,18,19,20). The Morgan fingerprint density at radius 1 is 1.24 bits per heavy atom. The number of hydrogen-bond donors (Lipinski definition) is 2. The van der Waals surface area contributed by atoms with E-state index >= 15 is 0 Å². The second-order valence-corrected chi connectivity index (χ2v) is 7.94. The molecule has 2 N–H and O–H groups in total. The van der Waals surface area contributed by atoms with Crippen LogP contribution in [0, 0.1) is 0 Å². The molecule has 0 saturated carbocycles. The van der Waals surface area contributed by atoms with Gasteiger partial charge in [-0.1, -0.05) is 12.1 Å². The summed E-state index contributed by atoms with van der Waals surface area (Å²) < 4.78 is 24.2. The fourth-order valence-corrected chi connectivity index (χ4v) is 2.65. The highest BCUT2D eigenvalue weighted by Gasteiger charge is 2.02. The third-order valence-corrected chi connectivity index (χ3v) is 4.41. The molecule has 0 aliphatic heterocycles. The van der Waals surface area contributed by atoms with Gasteiger partial charge in [-0.25, -0.2) is 13.1 Å². The Hall–Kier alpha value is -2.35. The lowest BCUT2D eigenvalue weighted by Crippen LogP contribution is -2.38. The van der Waals surface area contributed by atoms with Crippen LogP contribution in [0.2, 0.25) is 0 Å². The van der Waals surface area contributed by atoms with Crippen LogP contribution in [-0.2, 0) is 16.3 Å². The Bertz CT molecular complexity index is 768. The maximum Gasteiger partial charge on any atom is 0.191 e. The summed E-state index contributed by atoms with van der Waals surface area (Å²) in [6.45, 7) is 3.67. The van der Waals surface area contributed by atoms with Crippen molar-refractivity contribution in [3.05, 3.63) is 48.3 Å². The van der Waals surface area contributed by atoms with Gasteiger partial charge in [0.05, 0.1) is 18.0 Å². The first-order valence-corrected chi connectivity index (χ1v) is 10.3. The van der Waals surface area contributed by atoms with E-state index in [1.807, 2.05) is 36.0 Å². The van der Waals surface area contributed by atoms with Crippen LogP contribution >= 0.6 is 0 Å². The minimum atomic E-state index is -2.99. The molecule has 0 fully saturated rings. The molecule has 0 aliphatic carbocycles. The van der Waals surface area contributed by atoms with Crippen molar-refractivity contribution in [2.75, 3.05) is 31.6 Å². The minimum Gasteiger partial charge on any atom is -0.357 e. The minimum absolute atomic E-state index is 0.0540. The van der Waals surface area contributed by atoms with E-state index in [9.17, 15) is 8.42 Å². The molecule has 136 valence electrons. The van der Waals surface area contributed by atoms with Crippen molar-refractivity contribution in [2.24, 2.45) is 4.99 Å². The lowest BCUT2D eigenvalue weighted by atomic mass is 10.1. The summed E-state index contributed by atoms with van der Waals surface area (Å²) in [5, 5.41) is 10.5. The molecule has 0 saturated heterocycles. The van der Waals surface area contributed by atoms with Gasteiger partial charge < -0.3 is 10.6 Å². The number of aromatic nitrogens is 2. The average molecular weight is 363 g/mol. The number of nitrogens with one attached hydrogen (secondary N) is 2. The molecule has 0 bridgehead atoms. The predicted octanol–water partition coefficient (Wildman–Crippen LogP) is 1.01. The number of aliphatic imine (C=N–C) groups is 1. The van der Waals surface area contributed by atoms with E-state index < -0.39 is 9.84 Å². The number of rotatable bonds is 8. The Morgan fingerprint density at radius 2 is 2.00 bits per heavy atom. The summed E-state index contributed by atoms with van der Waals surface area (Å²) in [7, 11) is -2.99. The molecule has 0 radical (unpaired) electrons. The SMILES string of the molecule is CCNC(=NCCS(C)(=O)=O)NCCc1ccc(-n2cccn2)cc1. The van der Waals surface area contributed by atoms with Crippen LogP contribution in [0.15, 0.2) is 47.7 Å². The molecular weight excluding hydrogens is 338 g/mol. The molecule has 1 heterocycles. The highest BCUT2D eigenvalue weighted by atomic mass is 32.2. The van der Waals surface area contributed by atoms with Gasteiger partial charge in [0.1, 0.15) is 9.84 Å². The Labute approximate surface area is 149 Å². The van der Waals surface area contributed by atoms with Gasteiger partial charge in [-0.3, -0.25) is 4.99 Å². The maximum absolute atomic E-state index is 11.2. The molecule has 0 aliphatic rings. The van der Waals surface area contributed by atoms with Gasteiger partial charge in [0.25, 0.3) is 0 Å². The fraction of sp³-hybridized carbons (Fsp3) is 0.412. The van der Waals surface area contributed by atoms with Crippen LogP contribution in [0.1, 0.15) is 12.5 Å². The smallest absolute Gasteiger partial charge is 0.191 e. The van der Waals surface area contributed by atoms with Gasteiger partial charge in [0.2, 0.25) is 0 Å². The van der Waals surface area contributed by atoms with E-state index in [2.05, 4.69) is 32.9 Å². The Balaban J connectivity index is 1.83. The highest BCUT2D eigenvalue weighted by Crippen LogP contribution is 2.08. The van der Waals surface area contributed by atoms with Crippen molar-refractivity contribution in [3.8, 4) is 5.69 Å². The van der Waals surface area contributed by atoms with E-state index in [4.69, 9.17) is 0 Å². The van der Waals surface area contributed by atoms with Gasteiger partial charge >= 0.3 is 0 Å². The molecule has 0 unspecified atom stereocenters. The van der Waals surface area contributed by atoms with Crippen LogP contribution in [-0.4, -0.2) is 55.8 Å². The van der Waals surface area contributed by atoms with Crippen LogP contribution < -0.4 is 10.6 Å². The van der Waals surface area contributed by atoms with Crippen molar-refractivity contribution in [1.29, 1.82) is 0 Å². The van der Waals surface area contributed by atoms with Crippen molar-refractivity contribution in [2.45, 2.75) is 13.3 Å². The molecule has 8 heteroatoms. The third kappa shape index (κ3) is 6.96. The van der Waals surface area contributed by atoms with Crippen LogP contribution in [0.4, 0.5) is 0 Å². The first kappa shape index (κ1) is 19.0. The van der Waals surface area contributed by atoms with Gasteiger partial charge in [-0.05, 0) is 37.1 Å². The van der Waals surface area contributed by atoms with Crippen molar-refractivity contribution >= 4 is 15.8 Å². The third-order valence-electron chi connectivity index (χ3n) is 3.49.